The summed E-state index contributed by atoms with van der Waals surface area (Å²) in [4.78, 5) is 7.56. The van der Waals surface area contributed by atoms with E-state index in [1.807, 2.05) is 0 Å². The summed E-state index contributed by atoms with van der Waals surface area (Å²) >= 11 is 0. The van der Waals surface area contributed by atoms with Crippen LogP contribution in [0, 0.1) is 0 Å². The monoisotopic (exact) mass is 639 g/mol. The largest absolute Gasteiger partial charge is 0.317 e. The fourth-order valence-electron chi connectivity index (χ4n) is 7.91. The Hall–Kier alpha value is -6.45. The summed E-state index contributed by atoms with van der Waals surface area (Å²) in [7, 11) is 0. The lowest BCUT2D eigenvalue weighted by atomic mass is 9.92. The Kier molecular flexibility index (Phi) is 6.63. The normalized spacial score (nSPS) is 13.2. The molecule has 10 rings (SSSR count). The molecule has 50 heavy (non-hydrogen) atoms. The first-order valence-electron chi connectivity index (χ1n) is 17.4. The lowest BCUT2D eigenvalue weighted by molar-refractivity contribution is 0.889. The van der Waals surface area contributed by atoms with Gasteiger partial charge in [-0.05, 0) is 89.5 Å². The molecule has 0 saturated heterocycles. The highest BCUT2D eigenvalue weighted by Gasteiger charge is 2.26. The average molecular weight is 640 g/mol. The predicted octanol–water partition coefficient (Wildman–Crippen LogP) is 12.3. The zero-order valence-electron chi connectivity index (χ0n) is 27.5. The molecular formula is C47H33N3. The number of rotatable bonds is 5. The second-order valence-electron chi connectivity index (χ2n) is 13.1. The van der Waals surface area contributed by atoms with Crippen LogP contribution in [-0.4, -0.2) is 9.55 Å². The zero-order valence-corrected chi connectivity index (χ0v) is 27.5. The first kappa shape index (κ1) is 28.6. The fourth-order valence-corrected chi connectivity index (χ4v) is 7.91. The minimum absolute atomic E-state index is 0.964. The minimum atomic E-state index is 0.964. The lowest BCUT2D eigenvalue weighted by Gasteiger charge is -2.27. The SMILES string of the molecule is C1=Cc2c(n(-c3cccc(-c4cc(-c5ccccc5)cc(-c5ccccc5)n4)c3)c3cc4cccc5c4c(c23)C=CN5c2ccccc2)CC1. The van der Waals surface area contributed by atoms with E-state index in [4.69, 9.17) is 4.98 Å². The van der Waals surface area contributed by atoms with Gasteiger partial charge in [0.15, 0.2) is 0 Å². The van der Waals surface area contributed by atoms with Gasteiger partial charge in [0.25, 0.3) is 0 Å². The quantitative estimate of drug-likeness (QED) is 0.187. The summed E-state index contributed by atoms with van der Waals surface area (Å²) < 4.78 is 2.51. The molecule has 3 nitrogen and oxygen atoms in total. The van der Waals surface area contributed by atoms with Gasteiger partial charge in [-0.25, -0.2) is 4.98 Å². The molecule has 2 aromatic heterocycles. The van der Waals surface area contributed by atoms with Crippen molar-refractivity contribution in [3.05, 3.63) is 181 Å². The van der Waals surface area contributed by atoms with Crippen molar-refractivity contribution in [3.8, 4) is 39.3 Å². The average Bonchev–Trinajstić information content (AvgIpc) is 3.53. The zero-order chi connectivity index (χ0) is 33.0. The van der Waals surface area contributed by atoms with Gasteiger partial charge in [-0.1, -0.05) is 115 Å². The van der Waals surface area contributed by atoms with Crippen LogP contribution in [0.5, 0.6) is 0 Å². The molecule has 0 spiro atoms. The smallest absolute Gasteiger partial charge is 0.0716 e. The maximum atomic E-state index is 5.26. The number of hydrogen-bond acceptors (Lipinski definition) is 2. The van der Waals surface area contributed by atoms with E-state index in [1.165, 1.54) is 55.4 Å². The molecule has 1 aliphatic carbocycles. The molecule has 2 aliphatic rings. The molecule has 6 aromatic carbocycles. The van der Waals surface area contributed by atoms with Gasteiger partial charge in [0.2, 0.25) is 0 Å². The van der Waals surface area contributed by atoms with Crippen LogP contribution in [0.4, 0.5) is 11.4 Å². The number of aromatic nitrogens is 2. The number of para-hydroxylation sites is 1. The second-order valence-corrected chi connectivity index (χ2v) is 13.1. The van der Waals surface area contributed by atoms with Crippen molar-refractivity contribution < 1.29 is 0 Å². The third kappa shape index (κ3) is 4.62. The van der Waals surface area contributed by atoms with E-state index in [0.29, 0.717) is 0 Å². The van der Waals surface area contributed by atoms with Crippen LogP contribution in [0.2, 0.25) is 0 Å². The van der Waals surface area contributed by atoms with E-state index < -0.39 is 0 Å². The number of nitrogens with zero attached hydrogens (tertiary/aromatic N) is 3. The van der Waals surface area contributed by atoms with Crippen molar-refractivity contribution in [1.82, 2.24) is 9.55 Å². The minimum Gasteiger partial charge on any atom is -0.317 e. The molecule has 0 unspecified atom stereocenters. The van der Waals surface area contributed by atoms with E-state index in [-0.39, 0.29) is 0 Å². The van der Waals surface area contributed by atoms with Crippen molar-refractivity contribution >= 4 is 45.2 Å². The summed E-state index contributed by atoms with van der Waals surface area (Å²) in [6.45, 7) is 0. The van der Waals surface area contributed by atoms with E-state index in [1.54, 1.807) is 0 Å². The first-order chi connectivity index (χ1) is 24.8. The number of anilines is 2. The first-order valence-corrected chi connectivity index (χ1v) is 17.4. The fraction of sp³-hybridized carbons (Fsp3) is 0.0426. The molecule has 0 bridgehead atoms. The summed E-state index contributed by atoms with van der Waals surface area (Å²) in [6, 6.07) is 54.2. The van der Waals surface area contributed by atoms with Crippen LogP contribution in [0.25, 0.3) is 73.2 Å². The van der Waals surface area contributed by atoms with Crippen molar-refractivity contribution in [2.24, 2.45) is 0 Å². The summed E-state index contributed by atoms with van der Waals surface area (Å²) in [5.41, 5.74) is 15.3. The number of pyridine rings is 1. The molecule has 3 heterocycles. The van der Waals surface area contributed by atoms with Crippen LogP contribution < -0.4 is 4.90 Å². The molecule has 3 heteroatoms. The van der Waals surface area contributed by atoms with Gasteiger partial charge in [-0.15, -0.1) is 0 Å². The highest BCUT2D eigenvalue weighted by molar-refractivity contribution is 6.16. The Labute approximate surface area is 291 Å². The van der Waals surface area contributed by atoms with Crippen LogP contribution in [0.1, 0.15) is 23.2 Å². The third-order valence-corrected chi connectivity index (χ3v) is 10.2. The van der Waals surface area contributed by atoms with Gasteiger partial charge in [-0.2, -0.15) is 0 Å². The Morgan fingerprint density at radius 2 is 1.18 bits per heavy atom. The number of fused-ring (bicyclic) bond motifs is 4. The number of hydrogen-bond donors (Lipinski definition) is 0. The summed E-state index contributed by atoms with van der Waals surface area (Å²) in [5.74, 6) is 0. The molecule has 0 atom stereocenters. The summed E-state index contributed by atoms with van der Waals surface area (Å²) in [5, 5.41) is 3.87. The molecule has 236 valence electrons. The van der Waals surface area contributed by atoms with Crippen LogP contribution in [0.15, 0.2) is 164 Å². The maximum absolute atomic E-state index is 5.26. The maximum Gasteiger partial charge on any atom is 0.0716 e. The molecular weight excluding hydrogens is 607 g/mol. The number of benzene rings is 6. The van der Waals surface area contributed by atoms with Gasteiger partial charge in [0.1, 0.15) is 0 Å². The van der Waals surface area contributed by atoms with Crippen LogP contribution in [0.3, 0.4) is 0 Å². The van der Waals surface area contributed by atoms with Gasteiger partial charge in [0.05, 0.1) is 22.6 Å². The molecule has 0 fully saturated rings. The van der Waals surface area contributed by atoms with Gasteiger partial charge >= 0.3 is 0 Å². The van der Waals surface area contributed by atoms with E-state index in [2.05, 4.69) is 186 Å². The Morgan fingerprint density at radius 1 is 0.500 bits per heavy atom. The highest BCUT2D eigenvalue weighted by Crippen LogP contribution is 2.46. The Morgan fingerprint density at radius 3 is 1.98 bits per heavy atom. The lowest BCUT2D eigenvalue weighted by Crippen LogP contribution is -2.11. The second kappa shape index (κ2) is 11.6. The summed E-state index contributed by atoms with van der Waals surface area (Å²) in [6.07, 6.45) is 11.3. The van der Waals surface area contributed by atoms with Crippen molar-refractivity contribution in [2.75, 3.05) is 4.90 Å². The van der Waals surface area contributed by atoms with E-state index in [9.17, 15) is 0 Å². The van der Waals surface area contributed by atoms with E-state index >= 15 is 0 Å². The molecule has 0 saturated carbocycles. The Balaban J connectivity index is 1.17. The van der Waals surface area contributed by atoms with Crippen molar-refractivity contribution in [3.63, 3.8) is 0 Å². The molecule has 0 amide bonds. The van der Waals surface area contributed by atoms with Gasteiger partial charge in [0, 0.05) is 50.7 Å². The van der Waals surface area contributed by atoms with E-state index in [0.717, 1.165) is 46.6 Å². The standard InChI is InChI=1S/C47H33N3/c1-4-14-32(15-5-1)36-29-41(33-16-6-2-7-17-33)48-42(30-36)34-18-12-22-38(28-34)50-43-24-11-10-23-39(43)47-40-26-27-49(37-20-8-3-9-21-37)44-25-13-19-35(46(40)44)31-45(47)50/h1-10,12-23,25-31H,11,24H2. The van der Waals surface area contributed by atoms with Gasteiger partial charge in [-0.3, -0.25) is 0 Å². The van der Waals surface area contributed by atoms with Crippen molar-refractivity contribution in [1.29, 1.82) is 0 Å². The Bertz CT molecular complexity index is 2570. The van der Waals surface area contributed by atoms with Crippen LogP contribution in [-0.2, 0) is 6.42 Å². The third-order valence-electron chi connectivity index (χ3n) is 10.2. The predicted molar refractivity (Wildman–Crippen MR) is 210 cm³/mol. The topological polar surface area (TPSA) is 21.1 Å². The molecule has 8 aromatic rings. The van der Waals surface area contributed by atoms with Gasteiger partial charge < -0.3 is 9.47 Å². The molecule has 0 N–H and O–H groups in total. The van der Waals surface area contributed by atoms with Crippen molar-refractivity contribution in [2.45, 2.75) is 12.8 Å². The van der Waals surface area contributed by atoms with Crippen LogP contribution >= 0.6 is 0 Å². The molecule has 0 radical (unpaired) electrons. The number of allylic oxidation sites excluding steroid dienone is 1. The molecule has 1 aliphatic heterocycles. The highest BCUT2D eigenvalue weighted by atomic mass is 15.1.